The molecule has 0 atom stereocenters. The summed E-state index contributed by atoms with van der Waals surface area (Å²) in [5.41, 5.74) is 1.57. The summed E-state index contributed by atoms with van der Waals surface area (Å²) in [7, 11) is 0. The number of aryl methyl sites for hydroxylation is 2. The summed E-state index contributed by atoms with van der Waals surface area (Å²) in [4.78, 5) is 12.4. The zero-order chi connectivity index (χ0) is 17.3. The Morgan fingerprint density at radius 2 is 2.17 bits per heavy atom. The molecule has 1 aromatic carbocycles. The Bertz CT molecular complexity index is 884. The van der Waals surface area contributed by atoms with Crippen LogP contribution in [0.5, 0.6) is 0 Å². The first-order valence-corrected chi connectivity index (χ1v) is 7.53. The van der Waals surface area contributed by atoms with Gasteiger partial charge in [0.1, 0.15) is 23.0 Å². The van der Waals surface area contributed by atoms with E-state index in [9.17, 15) is 9.18 Å². The highest BCUT2D eigenvalue weighted by atomic mass is 35.5. The minimum Gasteiger partial charge on any atom is -0.361 e. The quantitative estimate of drug-likeness (QED) is 0.782. The van der Waals surface area contributed by atoms with Crippen LogP contribution in [0.25, 0.3) is 0 Å². The average Bonchev–Trinajstić information content (AvgIpc) is 3.10. The number of benzene rings is 1. The van der Waals surface area contributed by atoms with Gasteiger partial charge in [0.15, 0.2) is 0 Å². The summed E-state index contributed by atoms with van der Waals surface area (Å²) in [5.74, 6) is 0.0871. The lowest BCUT2D eigenvalue weighted by atomic mass is 10.2. The lowest BCUT2D eigenvalue weighted by molar-refractivity contribution is 0.102. The van der Waals surface area contributed by atoms with E-state index in [1.807, 2.05) is 0 Å². The van der Waals surface area contributed by atoms with Crippen LogP contribution in [0.15, 0.2) is 35.0 Å². The fourth-order valence-electron chi connectivity index (χ4n) is 2.36. The zero-order valence-electron chi connectivity index (χ0n) is 13.0. The first-order valence-electron chi connectivity index (χ1n) is 7.15. The van der Waals surface area contributed by atoms with Crippen molar-refractivity contribution in [2.24, 2.45) is 0 Å². The number of hydrogen-bond donors (Lipinski definition) is 1. The zero-order valence-corrected chi connectivity index (χ0v) is 13.8. The van der Waals surface area contributed by atoms with E-state index >= 15 is 0 Å². The van der Waals surface area contributed by atoms with Gasteiger partial charge in [-0.3, -0.25) is 4.79 Å². The summed E-state index contributed by atoms with van der Waals surface area (Å²) < 4.78 is 20.1. The molecular weight excluding hydrogens is 335 g/mol. The van der Waals surface area contributed by atoms with Crippen LogP contribution in [-0.4, -0.2) is 20.8 Å². The Labute approximate surface area is 142 Å². The lowest BCUT2D eigenvalue weighted by Gasteiger charge is -2.09. The van der Waals surface area contributed by atoms with Crippen molar-refractivity contribution in [3.05, 3.63) is 63.9 Å². The van der Waals surface area contributed by atoms with E-state index in [1.54, 1.807) is 36.9 Å². The van der Waals surface area contributed by atoms with Crippen molar-refractivity contribution in [1.82, 2.24) is 14.9 Å². The Kier molecular flexibility index (Phi) is 4.35. The average molecular weight is 349 g/mol. The van der Waals surface area contributed by atoms with Crippen LogP contribution in [0.1, 0.15) is 27.4 Å². The molecule has 8 heteroatoms. The number of nitrogens with zero attached hydrogens (tertiary/aromatic N) is 3. The van der Waals surface area contributed by atoms with Crippen LogP contribution in [0.3, 0.4) is 0 Å². The maximum atomic E-state index is 13.5. The molecule has 3 rings (SSSR count). The van der Waals surface area contributed by atoms with Crippen molar-refractivity contribution < 1.29 is 13.7 Å². The molecule has 124 valence electrons. The van der Waals surface area contributed by atoms with E-state index in [0.29, 0.717) is 28.4 Å². The van der Waals surface area contributed by atoms with Gasteiger partial charge in [-0.2, -0.15) is 5.10 Å². The van der Waals surface area contributed by atoms with Gasteiger partial charge in [0.25, 0.3) is 5.91 Å². The molecule has 0 fully saturated rings. The molecule has 2 aromatic heterocycles. The van der Waals surface area contributed by atoms with E-state index in [1.165, 1.54) is 12.1 Å². The molecule has 0 saturated carbocycles. The smallest absolute Gasteiger partial charge is 0.262 e. The number of amides is 1. The third-order valence-electron chi connectivity index (χ3n) is 3.53. The molecule has 0 radical (unpaired) electrons. The van der Waals surface area contributed by atoms with Crippen LogP contribution in [0.4, 0.5) is 10.2 Å². The Balaban J connectivity index is 1.80. The summed E-state index contributed by atoms with van der Waals surface area (Å²) in [6.45, 7) is 3.65. The normalized spacial score (nSPS) is 10.8. The molecule has 0 aliphatic carbocycles. The fraction of sp³-hybridized carbons (Fsp3) is 0.188. The van der Waals surface area contributed by atoms with Crippen molar-refractivity contribution in [1.29, 1.82) is 0 Å². The molecule has 1 amide bonds. The van der Waals surface area contributed by atoms with Crippen LogP contribution in [-0.2, 0) is 6.54 Å². The number of carbonyl (C=O) groups excluding carboxylic acids is 1. The SMILES string of the molecule is Cc1noc(C)c1C(=O)Nc1ccnn1Cc1ccc(Cl)c(F)c1. The van der Waals surface area contributed by atoms with E-state index in [4.69, 9.17) is 16.1 Å². The van der Waals surface area contributed by atoms with Crippen LogP contribution >= 0.6 is 11.6 Å². The molecule has 24 heavy (non-hydrogen) atoms. The molecule has 3 aromatic rings. The van der Waals surface area contributed by atoms with E-state index < -0.39 is 5.82 Å². The molecule has 0 unspecified atom stereocenters. The predicted molar refractivity (Wildman–Crippen MR) is 86.7 cm³/mol. The second kappa shape index (κ2) is 6.45. The minimum atomic E-state index is -0.498. The molecule has 0 aliphatic heterocycles. The Morgan fingerprint density at radius 1 is 1.38 bits per heavy atom. The molecule has 1 N–H and O–H groups in total. The number of halogens is 2. The molecule has 0 saturated heterocycles. The number of anilines is 1. The van der Waals surface area contributed by atoms with Crippen molar-refractivity contribution in [3.8, 4) is 0 Å². The summed E-state index contributed by atoms with van der Waals surface area (Å²) in [6.07, 6.45) is 1.55. The Morgan fingerprint density at radius 3 is 2.83 bits per heavy atom. The molecule has 0 bridgehead atoms. The second-order valence-electron chi connectivity index (χ2n) is 5.28. The van der Waals surface area contributed by atoms with Gasteiger partial charge < -0.3 is 9.84 Å². The van der Waals surface area contributed by atoms with E-state index in [-0.39, 0.29) is 17.5 Å². The highest BCUT2D eigenvalue weighted by Gasteiger charge is 2.19. The van der Waals surface area contributed by atoms with Gasteiger partial charge in [-0.05, 0) is 31.5 Å². The number of carbonyl (C=O) groups is 1. The third kappa shape index (κ3) is 3.16. The van der Waals surface area contributed by atoms with E-state index in [0.717, 1.165) is 0 Å². The van der Waals surface area contributed by atoms with Crippen molar-refractivity contribution in [2.75, 3.05) is 5.32 Å². The highest BCUT2D eigenvalue weighted by Crippen LogP contribution is 2.19. The standard InChI is InChI=1S/C16H14ClFN4O2/c1-9-15(10(2)24-21-9)16(23)20-14-5-6-19-22(14)8-11-3-4-12(17)13(18)7-11/h3-7H,8H2,1-2H3,(H,20,23). The Hall–Kier alpha value is -2.67. The topological polar surface area (TPSA) is 73.0 Å². The van der Waals surface area contributed by atoms with Crippen molar-refractivity contribution >= 4 is 23.3 Å². The maximum Gasteiger partial charge on any atom is 0.262 e. The van der Waals surface area contributed by atoms with E-state index in [2.05, 4.69) is 15.6 Å². The van der Waals surface area contributed by atoms with Crippen LogP contribution in [0.2, 0.25) is 5.02 Å². The van der Waals surface area contributed by atoms with Gasteiger partial charge in [-0.25, -0.2) is 9.07 Å². The minimum absolute atomic E-state index is 0.0612. The van der Waals surface area contributed by atoms with Gasteiger partial charge >= 0.3 is 0 Å². The van der Waals surface area contributed by atoms with Gasteiger partial charge in [-0.15, -0.1) is 0 Å². The largest absolute Gasteiger partial charge is 0.361 e. The first kappa shape index (κ1) is 16.2. The third-order valence-corrected chi connectivity index (χ3v) is 3.84. The maximum absolute atomic E-state index is 13.5. The van der Waals surface area contributed by atoms with Crippen molar-refractivity contribution in [3.63, 3.8) is 0 Å². The number of nitrogens with one attached hydrogen (secondary N) is 1. The molecule has 2 heterocycles. The fourth-order valence-corrected chi connectivity index (χ4v) is 2.48. The van der Waals surface area contributed by atoms with Crippen molar-refractivity contribution in [2.45, 2.75) is 20.4 Å². The number of rotatable bonds is 4. The summed E-state index contributed by atoms with van der Waals surface area (Å²) in [6, 6.07) is 6.18. The highest BCUT2D eigenvalue weighted by molar-refractivity contribution is 6.30. The molecule has 0 aliphatic rings. The van der Waals surface area contributed by atoms with Crippen LogP contribution in [0, 0.1) is 19.7 Å². The molecule has 0 spiro atoms. The van der Waals surface area contributed by atoms with Gasteiger partial charge in [0, 0.05) is 6.07 Å². The lowest BCUT2D eigenvalue weighted by Crippen LogP contribution is -2.17. The van der Waals surface area contributed by atoms with Crippen LogP contribution < -0.4 is 5.32 Å². The predicted octanol–water partition coefficient (Wildman–Crippen LogP) is 3.58. The van der Waals surface area contributed by atoms with Gasteiger partial charge in [-0.1, -0.05) is 22.8 Å². The second-order valence-corrected chi connectivity index (χ2v) is 5.68. The number of aromatic nitrogens is 3. The van der Waals surface area contributed by atoms with Gasteiger partial charge in [0.05, 0.1) is 23.5 Å². The molecule has 6 nitrogen and oxygen atoms in total. The van der Waals surface area contributed by atoms with Gasteiger partial charge in [0.2, 0.25) is 0 Å². The molecular formula is C16H14ClFN4O2. The summed E-state index contributed by atoms with van der Waals surface area (Å²) >= 11 is 5.68. The number of hydrogen-bond acceptors (Lipinski definition) is 4. The summed E-state index contributed by atoms with van der Waals surface area (Å²) in [5, 5.41) is 10.7. The first-order chi connectivity index (χ1) is 11.5. The monoisotopic (exact) mass is 348 g/mol.